The van der Waals surface area contributed by atoms with Gasteiger partial charge in [0.2, 0.25) is 47.5 Å². The first-order valence-electron chi connectivity index (χ1n) is 26.5. The molecule has 3 heterocycles. The first-order chi connectivity index (χ1) is 37.6. The second-order valence-electron chi connectivity index (χ2n) is 21.1. The Bertz CT molecular complexity index is 2820. The van der Waals surface area contributed by atoms with Gasteiger partial charge in [0.25, 0.3) is 5.91 Å². The molecule has 79 heavy (non-hydrogen) atoms. The average molecular weight is 1120 g/mol. The third kappa shape index (κ3) is 14.4. The van der Waals surface area contributed by atoms with Crippen LogP contribution in [0.4, 0.5) is 0 Å². The van der Waals surface area contributed by atoms with Gasteiger partial charge in [0.1, 0.15) is 59.2 Å². The Morgan fingerprint density at radius 3 is 2.03 bits per heavy atom. The van der Waals surface area contributed by atoms with Crippen molar-refractivity contribution in [3.8, 4) is 0 Å². The predicted molar refractivity (Wildman–Crippen MR) is 283 cm³/mol. The number of amides is 7. The monoisotopic (exact) mass is 1110 g/mol. The van der Waals surface area contributed by atoms with E-state index in [-0.39, 0.29) is 50.2 Å². The number of aromatic nitrogens is 1. The van der Waals surface area contributed by atoms with Gasteiger partial charge in [-0.2, -0.15) is 4.73 Å². The molecule has 0 radical (unpaired) electrons. The second kappa shape index (κ2) is 25.7. The van der Waals surface area contributed by atoms with Crippen molar-refractivity contribution in [1.29, 1.82) is 0 Å². The van der Waals surface area contributed by atoms with E-state index < -0.39 is 153 Å². The molecule has 24 nitrogen and oxygen atoms in total. The molecule has 25 heteroatoms. The molecule has 7 amide bonds. The lowest BCUT2D eigenvalue weighted by molar-refractivity contribution is -0.498. The Kier molecular flexibility index (Phi) is 19.1. The van der Waals surface area contributed by atoms with Crippen molar-refractivity contribution in [2.24, 2.45) is 23.7 Å². The van der Waals surface area contributed by atoms with Gasteiger partial charge in [0.15, 0.2) is 0 Å². The van der Waals surface area contributed by atoms with E-state index in [1.165, 1.54) is 17.9 Å². The van der Waals surface area contributed by atoms with Crippen LogP contribution in [0.2, 0.25) is 5.15 Å². The Labute approximate surface area is 460 Å². The van der Waals surface area contributed by atoms with Gasteiger partial charge in [-0.25, -0.2) is 4.79 Å². The number of nitrogens with one attached hydrogen (secondary N) is 6. The van der Waals surface area contributed by atoms with E-state index in [1.807, 2.05) is 0 Å². The molecule has 2 saturated carbocycles. The molecule has 2 aliphatic heterocycles. The lowest BCUT2D eigenvalue weighted by Crippen LogP contribution is -2.62. The summed E-state index contributed by atoms with van der Waals surface area (Å²) >= 11 is 5.98. The lowest BCUT2D eigenvalue weighted by atomic mass is 9.91. The molecule has 1 aromatic heterocycles. The zero-order chi connectivity index (χ0) is 57.4. The van der Waals surface area contributed by atoms with Gasteiger partial charge in [0, 0.05) is 53.4 Å². The van der Waals surface area contributed by atoms with Crippen molar-refractivity contribution in [2.75, 3.05) is 6.54 Å². The molecule has 424 valence electrons. The van der Waals surface area contributed by atoms with Crippen LogP contribution in [0.1, 0.15) is 101 Å². The largest absolute Gasteiger partial charge is 0.458 e. The first-order valence-corrected chi connectivity index (χ1v) is 26.9. The Hall–Kier alpha value is -7.89. The van der Waals surface area contributed by atoms with Crippen LogP contribution in [0.25, 0.3) is 0 Å². The van der Waals surface area contributed by atoms with E-state index in [9.17, 15) is 49.4 Å². The minimum atomic E-state index is -1.92. The number of esters is 1. The minimum Gasteiger partial charge on any atom is -0.458 e. The van der Waals surface area contributed by atoms with Crippen LogP contribution in [-0.2, 0) is 44.7 Å². The molecule has 3 aromatic rings. The number of nitro groups is 2. The molecule has 0 spiro atoms. The molecule has 2 aliphatic carbocycles. The summed E-state index contributed by atoms with van der Waals surface area (Å²) in [5, 5.41) is 49.9. The van der Waals surface area contributed by atoms with Crippen molar-refractivity contribution in [2.45, 2.75) is 146 Å². The predicted octanol–water partition coefficient (Wildman–Crippen LogP) is 2.84. The van der Waals surface area contributed by atoms with E-state index in [4.69, 9.17) is 16.3 Å². The number of hydrogen-bond donors (Lipinski definition) is 7. The summed E-state index contributed by atoms with van der Waals surface area (Å²) in [4.78, 5) is 142. The summed E-state index contributed by atoms with van der Waals surface area (Å²) in [5.41, 5.74) is 0.718. The van der Waals surface area contributed by atoms with Gasteiger partial charge < -0.3 is 46.7 Å². The fourth-order valence-electron chi connectivity index (χ4n) is 10.4. The lowest BCUT2D eigenvalue weighted by Gasteiger charge is -2.33. The molecule has 7 rings (SSSR count). The average Bonchev–Trinajstić information content (AvgIpc) is 4.35. The summed E-state index contributed by atoms with van der Waals surface area (Å²) in [6.07, 6.45) is 1.78. The summed E-state index contributed by atoms with van der Waals surface area (Å²) in [6.45, 7) is 8.18. The number of rotatable bonds is 17. The van der Waals surface area contributed by atoms with E-state index in [0.29, 0.717) is 22.3 Å². The highest BCUT2D eigenvalue weighted by Crippen LogP contribution is 2.38. The van der Waals surface area contributed by atoms with E-state index in [2.05, 4.69) is 31.9 Å². The number of nitrogens with zero attached hydrogens (tertiary/aromatic N) is 4. The number of ether oxygens (including phenoxy) is 1. The maximum atomic E-state index is 15.2. The molecule has 2 aromatic carbocycles. The van der Waals surface area contributed by atoms with Crippen LogP contribution >= 0.6 is 11.6 Å². The third-order valence-electron chi connectivity index (χ3n) is 15.5. The van der Waals surface area contributed by atoms with Crippen molar-refractivity contribution in [3.63, 3.8) is 0 Å². The number of fused-ring (bicyclic) bond motifs is 1. The van der Waals surface area contributed by atoms with E-state index in [1.54, 1.807) is 101 Å². The van der Waals surface area contributed by atoms with Crippen LogP contribution in [0.3, 0.4) is 0 Å². The van der Waals surface area contributed by atoms with Crippen LogP contribution in [0.15, 0.2) is 84.9 Å². The van der Waals surface area contributed by atoms with Crippen molar-refractivity contribution in [1.82, 2.24) is 41.5 Å². The smallest absolute Gasteiger partial charge is 0.329 e. The molecular weight excluding hydrogens is 1050 g/mol. The highest BCUT2D eigenvalue weighted by Gasteiger charge is 2.52. The summed E-state index contributed by atoms with van der Waals surface area (Å²) in [5.74, 6) is -10.8. The van der Waals surface area contributed by atoms with Crippen LogP contribution in [0, 0.1) is 43.9 Å². The maximum absolute atomic E-state index is 15.2. The molecule has 1 unspecified atom stereocenters. The van der Waals surface area contributed by atoms with Gasteiger partial charge in [-0.15, -0.1) is 0 Å². The summed E-state index contributed by atoms with van der Waals surface area (Å²) < 4.78 is 6.42. The Morgan fingerprint density at radius 1 is 0.823 bits per heavy atom. The zero-order valence-corrected chi connectivity index (χ0v) is 45.1. The Morgan fingerprint density at radius 2 is 1.43 bits per heavy atom. The number of halogens is 1. The number of cyclic esters (lactones) is 1. The molecule has 15 atom stereocenters. The zero-order valence-electron chi connectivity index (χ0n) is 44.3. The molecule has 4 aliphatic rings. The normalized spacial score (nSPS) is 28.9. The number of carbonyl (C=O) groups is 8. The fourth-order valence-corrected chi connectivity index (χ4v) is 10.6. The first kappa shape index (κ1) is 58.8. The standard InChI is InChI=1S/C54H67ClN10O14/c1-6-14-32-22-42-54(73)79-30(5)46(61-49(68)38(24-35-26-41(35)65(77)78)57-50(69)39-19-20-43(55)63(39)74)52(71)60-45(29(4)33-17-12-9-13-18-33)51(70)58-37(23-34-25-40(34)64(75)76)47(66)56-36(21-31-15-10-8-11-16-31)48(67)59-44(28(3)7-2)53(72)62(42)27-32/h6,8-20,28-30,32,34-38,40-42,44-46,74H,7,21-27H2,1-5H3,(H,56,66)(H,57,69)(H,58,70)(H,59,67)(H,60,71)(H,61,68)/b14-6-/t28-,29+,30+,32-,34+,35+,36-,37+,38-,40+,41+,42-,44?,45-,46+/m0/s1. The van der Waals surface area contributed by atoms with Crippen molar-refractivity contribution >= 4 is 58.9 Å². The third-order valence-corrected chi connectivity index (χ3v) is 15.8. The van der Waals surface area contributed by atoms with Crippen LogP contribution in [0.5, 0.6) is 0 Å². The highest BCUT2D eigenvalue weighted by molar-refractivity contribution is 6.30. The molecule has 4 fully saturated rings. The number of allylic oxidation sites excluding steroid dienone is 1. The molecular formula is C54H67ClN10O14. The highest BCUT2D eigenvalue weighted by atomic mass is 35.5. The minimum absolute atomic E-state index is 0.00189. The summed E-state index contributed by atoms with van der Waals surface area (Å²) in [6, 6.07) is 6.70. The quantitative estimate of drug-likeness (QED) is 0.0336. The van der Waals surface area contributed by atoms with Crippen LogP contribution < -0.4 is 31.9 Å². The molecule has 7 N–H and O–H groups in total. The van der Waals surface area contributed by atoms with Crippen molar-refractivity contribution in [3.05, 3.63) is 127 Å². The SMILES string of the molecule is C/C=C\[C@H]1C[C@H]2C(=O)O[C@H](C)[C@@H](NC(=O)[C@H](C[C@@H]3C[C@H]3[N+](=O)[O-])NC(=O)c3ccc(Cl)n3O)C(=O)N[C@@H]([C@H](C)c3ccccc3)C(=O)N[C@H](C[C@@H]3C[C@H]3[N+](=O)[O-])C(=O)N[C@@H](Cc3ccccc3)C(=O)NC([C@@H](C)CC)C(=O)N2C1. The topological polar surface area (TPSA) is 333 Å². The van der Waals surface area contributed by atoms with E-state index in [0.717, 1.165) is 6.07 Å². The molecule has 0 bridgehead atoms. The van der Waals surface area contributed by atoms with Gasteiger partial charge in [0.05, 0.1) is 0 Å². The van der Waals surface area contributed by atoms with Crippen molar-refractivity contribution < 1.29 is 58.1 Å². The van der Waals surface area contributed by atoms with Gasteiger partial charge >= 0.3 is 5.97 Å². The van der Waals surface area contributed by atoms with E-state index >= 15 is 14.4 Å². The number of carbonyl (C=O) groups excluding carboxylic acids is 8. The van der Waals surface area contributed by atoms with Gasteiger partial charge in [-0.05, 0) is 68.2 Å². The number of benzene rings is 2. The molecule has 2 saturated heterocycles. The second-order valence-corrected chi connectivity index (χ2v) is 21.5. The van der Waals surface area contributed by atoms with Gasteiger partial charge in [-0.3, -0.25) is 53.8 Å². The fraction of sp³-hybridized carbons (Fsp3) is 0.519. The Balaban J connectivity index is 1.32. The van der Waals surface area contributed by atoms with Crippen LogP contribution in [-0.4, -0.2) is 139 Å². The number of hydrogen-bond acceptors (Lipinski definition) is 14. The summed E-state index contributed by atoms with van der Waals surface area (Å²) in [7, 11) is 0. The maximum Gasteiger partial charge on any atom is 0.329 e. The van der Waals surface area contributed by atoms with Gasteiger partial charge in [-0.1, -0.05) is 112 Å².